The van der Waals surface area contributed by atoms with Gasteiger partial charge in [0.15, 0.2) is 0 Å². The van der Waals surface area contributed by atoms with Crippen molar-refractivity contribution in [2.24, 2.45) is 0 Å². The van der Waals surface area contributed by atoms with Gasteiger partial charge in [-0.05, 0) is 42.7 Å². The van der Waals surface area contributed by atoms with Crippen molar-refractivity contribution in [2.75, 3.05) is 5.32 Å². The molecule has 2 N–H and O–H groups in total. The Labute approximate surface area is 128 Å². The van der Waals surface area contributed by atoms with Crippen molar-refractivity contribution in [3.63, 3.8) is 0 Å². The molecule has 1 aliphatic rings. The Balaban J connectivity index is 2.04. The molecule has 0 fully saturated rings. The molecule has 108 valence electrons. The van der Waals surface area contributed by atoms with E-state index in [1.54, 1.807) is 6.07 Å². The third-order valence-corrected chi connectivity index (χ3v) is 4.19. The first-order chi connectivity index (χ1) is 9.95. The highest BCUT2D eigenvalue weighted by atomic mass is 35.5. The predicted octanol–water partition coefficient (Wildman–Crippen LogP) is 3.53. The van der Waals surface area contributed by atoms with Crippen LogP contribution in [0.15, 0.2) is 30.3 Å². The number of anilines is 1. The maximum Gasteiger partial charge on any atom is 0.228 e. The summed E-state index contributed by atoms with van der Waals surface area (Å²) in [5, 5.41) is 13.9. The average Bonchev–Trinajstić information content (AvgIpc) is 2.76. The van der Waals surface area contributed by atoms with Gasteiger partial charge in [-0.2, -0.15) is 0 Å². The van der Waals surface area contributed by atoms with Gasteiger partial charge in [-0.15, -0.1) is 0 Å². The molecule has 0 bridgehead atoms. The summed E-state index contributed by atoms with van der Waals surface area (Å²) in [4.78, 5) is 11.4. The topological polar surface area (TPSA) is 49.3 Å². The van der Waals surface area contributed by atoms with Crippen molar-refractivity contribution in [3.05, 3.63) is 63.2 Å². The number of nitrogens with one attached hydrogen (secondary N) is 1. The highest BCUT2D eigenvalue weighted by molar-refractivity contribution is 6.32. The van der Waals surface area contributed by atoms with Gasteiger partial charge in [0, 0.05) is 16.3 Å². The Bertz CT molecular complexity index is 740. The van der Waals surface area contributed by atoms with Gasteiger partial charge in [-0.1, -0.05) is 35.4 Å². The Kier molecular flexibility index (Phi) is 3.47. The van der Waals surface area contributed by atoms with Gasteiger partial charge in [0.2, 0.25) is 5.91 Å². The van der Waals surface area contributed by atoms with Crippen LogP contribution < -0.4 is 5.32 Å². The van der Waals surface area contributed by atoms with Crippen LogP contribution in [-0.4, -0.2) is 11.0 Å². The Morgan fingerprint density at radius 1 is 1.19 bits per heavy atom. The lowest BCUT2D eigenvalue weighted by Crippen LogP contribution is -2.04. The maximum atomic E-state index is 11.4. The number of halogens is 1. The molecular weight excluding hydrogens is 286 g/mol. The number of amides is 1. The minimum absolute atomic E-state index is 0.0424. The zero-order valence-corrected chi connectivity index (χ0v) is 12.7. The second kappa shape index (κ2) is 5.17. The van der Waals surface area contributed by atoms with Crippen molar-refractivity contribution in [1.82, 2.24) is 0 Å². The second-order valence-corrected chi connectivity index (χ2v) is 5.93. The fourth-order valence-electron chi connectivity index (χ4n) is 2.78. The number of rotatable bonds is 2. The minimum Gasteiger partial charge on any atom is -0.384 e. The zero-order chi connectivity index (χ0) is 15.1. The van der Waals surface area contributed by atoms with Crippen LogP contribution in [-0.2, 0) is 11.2 Å². The number of aryl methyl sites for hydroxylation is 2. The van der Waals surface area contributed by atoms with Gasteiger partial charge in [0.1, 0.15) is 6.10 Å². The number of benzene rings is 2. The molecule has 0 spiro atoms. The highest BCUT2D eigenvalue weighted by Gasteiger charge is 2.23. The van der Waals surface area contributed by atoms with Crippen molar-refractivity contribution in [1.29, 1.82) is 0 Å². The summed E-state index contributed by atoms with van der Waals surface area (Å²) in [6, 6.07) is 9.45. The van der Waals surface area contributed by atoms with Crippen LogP contribution in [0.4, 0.5) is 5.69 Å². The van der Waals surface area contributed by atoms with E-state index in [-0.39, 0.29) is 5.91 Å². The van der Waals surface area contributed by atoms with Crippen LogP contribution in [0.2, 0.25) is 5.02 Å². The van der Waals surface area contributed by atoms with Gasteiger partial charge in [0.05, 0.1) is 6.42 Å². The summed E-state index contributed by atoms with van der Waals surface area (Å²) >= 11 is 6.27. The first-order valence-corrected chi connectivity index (χ1v) is 7.21. The molecule has 0 radical (unpaired) electrons. The number of aliphatic hydroxyl groups is 1. The smallest absolute Gasteiger partial charge is 0.228 e. The summed E-state index contributed by atoms with van der Waals surface area (Å²) < 4.78 is 0. The highest BCUT2D eigenvalue weighted by Crippen LogP contribution is 2.36. The van der Waals surface area contributed by atoms with E-state index in [9.17, 15) is 9.90 Å². The van der Waals surface area contributed by atoms with Crippen molar-refractivity contribution in [3.8, 4) is 0 Å². The number of fused-ring (bicyclic) bond motifs is 1. The fraction of sp³-hybridized carbons (Fsp3) is 0.235. The lowest BCUT2D eigenvalue weighted by atomic mass is 9.94. The minimum atomic E-state index is -0.792. The zero-order valence-electron chi connectivity index (χ0n) is 11.9. The van der Waals surface area contributed by atoms with Crippen LogP contribution in [0.5, 0.6) is 0 Å². The molecule has 1 aliphatic heterocycles. The lowest BCUT2D eigenvalue weighted by molar-refractivity contribution is -0.115. The van der Waals surface area contributed by atoms with E-state index >= 15 is 0 Å². The van der Waals surface area contributed by atoms with E-state index in [4.69, 9.17) is 11.6 Å². The second-order valence-electron chi connectivity index (χ2n) is 5.52. The summed E-state index contributed by atoms with van der Waals surface area (Å²) in [7, 11) is 0. The van der Waals surface area contributed by atoms with Crippen LogP contribution in [0.3, 0.4) is 0 Å². The molecule has 1 heterocycles. The summed E-state index contributed by atoms with van der Waals surface area (Å²) in [6.07, 6.45) is -0.460. The molecule has 1 atom stereocenters. The Morgan fingerprint density at radius 2 is 1.95 bits per heavy atom. The number of hydrogen-bond donors (Lipinski definition) is 2. The lowest BCUT2D eigenvalue weighted by Gasteiger charge is -2.17. The van der Waals surface area contributed by atoms with Crippen molar-refractivity contribution >= 4 is 23.2 Å². The molecule has 1 unspecified atom stereocenters. The summed E-state index contributed by atoms with van der Waals surface area (Å²) in [6.45, 7) is 3.99. The molecule has 3 rings (SSSR count). The molecule has 1 amide bonds. The number of aliphatic hydroxyl groups excluding tert-OH is 1. The van der Waals surface area contributed by atoms with E-state index in [1.807, 2.05) is 38.1 Å². The molecule has 4 heteroatoms. The number of hydrogen-bond acceptors (Lipinski definition) is 2. The van der Waals surface area contributed by atoms with E-state index in [2.05, 4.69) is 5.32 Å². The maximum absolute atomic E-state index is 11.4. The molecule has 2 aromatic rings. The van der Waals surface area contributed by atoms with Crippen molar-refractivity contribution in [2.45, 2.75) is 26.4 Å². The third kappa shape index (κ3) is 2.55. The van der Waals surface area contributed by atoms with Crippen molar-refractivity contribution < 1.29 is 9.90 Å². The van der Waals surface area contributed by atoms with Crippen LogP contribution in [0.1, 0.15) is 33.9 Å². The molecule has 21 heavy (non-hydrogen) atoms. The van der Waals surface area contributed by atoms with E-state index in [0.29, 0.717) is 17.0 Å². The normalized spacial score (nSPS) is 14.8. The Hall–Kier alpha value is -1.84. The van der Waals surface area contributed by atoms with E-state index in [0.717, 1.165) is 27.9 Å². The van der Waals surface area contributed by atoms with Gasteiger partial charge in [0.25, 0.3) is 0 Å². The molecule has 3 nitrogen and oxygen atoms in total. The largest absolute Gasteiger partial charge is 0.384 e. The quantitative estimate of drug-likeness (QED) is 0.891. The van der Waals surface area contributed by atoms with Gasteiger partial charge >= 0.3 is 0 Å². The molecule has 0 aromatic heterocycles. The van der Waals surface area contributed by atoms with Gasteiger partial charge in [-0.25, -0.2) is 0 Å². The van der Waals surface area contributed by atoms with E-state index in [1.165, 1.54) is 0 Å². The molecule has 0 saturated carbocycles. The number of carbonyl (C=O) groups excluding carboxylic acids is 1. The molecule has 0 aliphatic carbocycles. The van der Waals surface area contributed by atoms with Gasteiger partial charge in [-0.3, -0.25) is 4.79 Å². The van der Waals surface area contributed by atoms with Crippen LogP contribution >= 0.6 is 11.6 Å². The number of carbonyl (C=O) groups is 1. The monoisotopic (exact) mass is 301 g/mol. The molecule has 0 saturated heterocycles. The summed E-state index contributed by atoms with van der Waals surface area (Å²) in [5.74, 6) is -0.0424. The third-order valence-electron chi connectivity index (χ3n) is 3.86. The van der Waals surface area contributed by atoms with Gasteiger partial charge < -0.3 is 10.4 Å². The van der Waals surface area contributed by atoms with E-state index < -0.39 is 6.10 Å². The molecular formula is C17H16ClNO2. The predicted molar refractivity (Wildman–Crippen MR) is 83.8 cm³/mol. The Morgan fingerprint density at radius 3 is 2.67 bits per heavy atom. The van der Waals surface area contributed by atoms with Crippen LogP contribution in [0, 0.1) is 13.8 Å². The first-order valence-electron chi connectivity index (χ1n) is 6.83. The SMILES string of the molecule is Cc1ccc(C(O)c2cc3c(cc2Cl)NC(=O)C3)c(C)c1. The molecule has 2 aromatic carbocycles. The van der Waals surface area contributed by atoms with Crippen LogP contribution in [0.25, 0.3) is 0 Å². The summed E-state index contributed by atoms with van der Waals surface area (Å²) in [5.41, 5.74) is 5.26. The fourth-order valence-corrected chi connectivity index (χ4v) is 3.04. The first kappa shape index (κ1) is 14.1. The standard InChI is InChI=1S/C17H16ClNO2/c1-9-3-4-12(10(2)5-9)17(21)13-6-11-7-16(20)19-15(11)8-14(13)18/h3-6,8,17,21H,7H2,1-2H3,(H,19,20). The average molecular weight is 302 g/mol.